The Kier molecular flexibility index (Phi) is 4.02. The van der Waals surface area contributed by atoms with E-state index in [1.165, 1.54) is 0 Å². The number of nitrogens with zero attached hydrogens (tertiary/aromatic N) is 2. The first-order chi connectivity index (χ1) is 6.22. The van der Waals surface area contributed by atoms with E-state index >= 15 is 0 Å². The molecule has 0 saturated heterocycles. The molecule has 0 atom stereocenters. The first-order valence-electron chi connectivity index (χ1n) is 4.34. The summed E-state index contributed by atoms with van der Waals surface area (Å²) in [6, 6.07) is 0.455. The molecule has 0 radical (unpaired) electrons. The molecule has 0 aliphatic rings. The molecule has 0 amide bonds. The van der Waals surface area contributed by atoms with Crippen LogP contribution < -0.4 is 5.32 Å². The summed E-state index contributed by atoms with van der Waals surface area (Å²) >= 11 is 5.50. The van der Waals surface area contributed by atoms with Gasteiger partial charge >= 0.3 is 6.01 Å². The summed E-state index contributed by atoms with van der Waals surface area (Å²) in [4.78, 5) is 0. The molecule has 1 aromatic rings. The van der Waals surface area contributed by atoms with Crippen molar-refractivity contribution in [2.24, 2.45) is 5.92 Å². The zero-order valence-corrected chi connectivity index (χ0v) is 8.64. The third-order valence-electron chi connectivity index (χ3n) is 1.58. The van der Waals surface area contributed by atoms with Gasteiger partial charge in [-0.25, -0.2) is 0 Å². The van der Waals surface area contributed by atoms with Gasteiger partial charge in [0.1, 0.15) is 5.88 Å². The molecule has 0 aliphatic carbocycles. The average Bonchev–Trinajstić information content (AvgIpc) is 2.52. The molecule has 0 saturated carbocycles. The molecule has 0 aromatic carbocycles. The Hall–Kier alpha value is -0.770. The van der Waals surface area contributed by atoms with Crippen molar-refractivity contribution in [3.63, 3.8) is 0 Å². The molecule has 0 aliphatic heterocycles. The highest BCUT2D eigenvalue weighted by atomic mass is 35.5. The molecule has 0 fully saturated rings. The highest BCUT2D eigenvalue weighted by Gasteiger charge is 2.03. The van der Waals surface area contributed by atoms with E-state index in [1.54, 1.807) is 0 Å². The van der Waals surface area contributed by atoms with Gasteiger partial charge in [0, 0.05) is 6.54 Å². The van der Waals surface area contributed by atoms with E-state index in [-0.39, 0.29) is 5.88 Å². The van der Waals surface area contributed by atoms with Gasteiger partial charge in [0.05, 0.1) is 0 Å². The molecule has 5 heteroatoms. The summed E-state index contributed by atoms with van der Waals surface area (Å²) in [6.07, 6.45) is 1.08. The lowest BCUT2D eigenvalue weighted by atomic mass is 10.1. The van der Waals surface area contributed by atoms with Crippen LogP contribution in [0.4, 0.5) is 6.01 Å². The van der Waals surface area contributed by atoms with E-state index in [4.69, 9.17) is 16.0 Å². The van der Waals surface area contributed by atoms with E-state index < -0.39 is 0 Å². The number of hydrogen-bond acceptors (Lipinski definition) is 4. The Labute approximate surface area is 82.7 Å². The first kappa shape index (κ1) is 10.3. The molecule has 0 bridgehead atoms. The Balaban J connectivity index is 2.28. The van der Waals surface area contributed by atoms with Crippen LogP contribution in [0.1, 0.15) is 26.2 Å². The van der Waals surface area contributed by atoms with E-state index in [2.05, 4.69) is 29.4 Å². The molecule has 74 valence electrons. The summed E-state index contributed by atoms with van der Waals surface area (Å²) < 4.78 is 5.15. The lowest BCUT2D eigenvalue weighted by molar-refractivity contribution is 0.519. The molecular weight excluding hydrogens is 190 g/mol. The van der Waals surface area contributed by atoms with Crippen molar-refractivity contribution in [2.75, 3.05) is 11.9 Å². The van der Waals surface area contributed by atoms with Gasteiger partial charge in [0.15, 0.2) is 0 Å². The maximum atomic E-state index is 5.50. The van der Waals surface area contributed by atoms with E-state index in [1.807, 2.05) is 0 Å². The van der Waals surface area contributed by atoms with Crippen molar-refractivity contribution in [3.05, 3.63) is 5.89 Å². The molecule has 1 heterocycles. The minimum atomic E-state index is 0.263. The number of rotatable bonds is 5. The fourth-order valence-corrected chi connectivity index (χ4v) is 0.955. The summed E-state index contributed by atoms with van der Waals surface area (Å²) in [6.45, 7) is 5.18. The van der Waals surface area contributed by atoms with Crippen LogP contribution in [-0.4, -0.2) is 16.7 Å². The number of hydrogen-bond donors (Lipinski definition) is 1. The van der Waals surface area contributed by atoms with Crippen LogP contribution in [0.5, 0.6) is 0 Å². The lowest BCUT2D eigenvalue weighted by Crippen LogP contribution is -2.04. The highest BCUT2D eigenvalue weighted by Crippen LogP contribution is 2.08. The van der Waals surface area contributed by atoms with E-state index in [0.29, 0.717) is 17.8 Å². The lowest BCUT2D eigenvalue weighted by Gasteiger charge is -2.03. The molecule has 0 unspecified atom stereocenters. The molecule has 1 rings (SSSR count). The number of alkyl halides is 1. The van der Waals surface area contributed by atoms with Crippen LogP contribution >= 0.6 is 11.6 Å². The van der Waals surface area contributed by atoms with E-state index in [0.717, 1.165) is 13.0 Å². The van der Waals surface area contributed by atoms with Crippen molar-refractivity contribution in [1.29, 1.82) is 0 Å². The molecule has 13 heavy (non-hydrogen) atoms. The van der Waals surface area contributed by atoms with Gasteiger partial charge < -0.3 is 9.73 Å². The predicted octanol–water partition coefficient (Wildman–Crippen LogP) is 2.27. The monoisotopic (exact) mass is 203 g/mol. The van der Waals surface area contributed by atoms with Crippen LogP contribution in [0, 0.1) is 5.92 Å². The minimum Gasteiger partial charge on any atom is -0.407 e. The zero-order chi connectivity index (χ0) is 9.68. The first-order valence-corrected chi connectivity index (χ1v) is 4.88. The third-order valence-corrected chi connectivity index (χ3v) is 1.81. The van der Waals surface area contributed by atoms with Crippen molar-refractivity contribution in [1.82, 2.24) is 10.2 Å². The second-order valence-corrected chi connectivity index (χ2v) is 3.51. The summed E-state index contributed by atoms with van der Waals surface area (Å²) in [5, 5.41) is 10.5. The topological polar surface area (TPSA) is 51.0 Å². The quantitative estimate of drug-likeness (QED) is 0.746. The number of halogens is 1. The fraction of sp³-hybridized carbons (Fsp3) is 0.750. The van der Waals surface area contributed by atoms with Crippen LogP contribution in [0.25, 0.3) is 0 Å². The normalized spacial score (nSPS) is 10.8. The summed E-state index contributed by atoms with van der Waals surface area (Å²) in [5.74, 6) is 1.38. The minimum absolute atomic E-state index is 0.263. The average molecular weight is 204 g/mol. The number of nitrogens with one attached hydrogen (secondary N) is 1. The largest absolute Gasteiger partial charge is 0.407 e. The molecule has 0 spiro atoms. The SMILES string of the molecule is CC(C)CCNc1nnc(CCl)o1. The number of aromatic nitrogens is 2. The van der Waals surface area contributed by atoms with Gasteiger partial charge in [-0.05, 0) is 12.3 Å². The maximum absolute atomic E-state index is 5.50. The van der Waals surface area contributed by atoms with Crippen LogP contribution in [0.3, 0.4) is 0 Å². The summed E-state index contributed by atoms with van der Waals surface area (Å²) in [7, 11) is 0. The molecule has 1 N–H and O–H groups in total. The van der Waals surface area contributed by atoms with Gasteiger partial charge in [-0.3, -0.25) is 0 Å². The summed E-state index contributed by atoms with van der Waals surface area (Å²) in [5.41, 5.74) is 0. The maximum Gasteiger partial charge on any atom is 0.315 e. The standard InChI is InChI=1S/C8H14ClN3O/c1-6(2)3-4-10-8-12-11-7(5-9)13-8/h6H,3-5H2,1-2H3,(H,10,12). The molecule has 1 aromatic heterocycles. The smallest absolute Gasteiger partial charge is 0.315 e. The van der Waals surface area contributed by atoms with Crippen LogP contribution in [0.15, 0.2) is 4.42 Å². The van der Waals surface area contributed by atoms with Crippen molar-refractivity contribution < 1.29 is 4.42 Å². The van der Waals surface area contributed by atoms with Gasteiger partial charge in [-0.1, -0.05) is 18.9 Å². The highest BCUT2D eigenvalue weighted by molar-refractivity contribution is 6.16. The molecule has 4 nitrogen and oxygen atoms in total. The van der Waals surface area contributed by atoms with Crippen molar-refractivity contribution >= 4 is 17.6 Å². The van der Waals surface area contributed by atoms with Crippen LogP contribution in [-0.2, 0) is 5.88 Å². The second-order valence-electron chi connectivity index (χ2n) is 3.24. The third kappa shape index (κ3) is 3.63. The van der Waals surface area contributed by atoms with Crippen molar-refractivity contribution in [3.8, 4) is 0 Å². The Morgan fingerprint density at radius 1 is 1.46 bits per heavy atom. The van der Waals surface area contributed by atoms with Crippen LogP contribution in [0.2, 0.25) is 0 Å². The van der Waals surface area contributed by atoms with E-state index in [9.17, 15) is 0 Å². The van der Waals surface area contributed by atoms with Gasteiger partial charge in [0.2, 0.25) is 5.89 Å². The fourth-order valence-electron chi connectivity index (χ4n) is 0.847. The Morgan fingerprint density at radius 2 is 2.23 bits per heavy atom. The van der Waals surface area contributed by atoms with Gasteiger partial charge in [-0.2, -0.15) is 0 Å². The Morgan fingerprint density at radius 3 is 2.77 bits per heavy atom. The zero-order valence-electron chi connectivity index (χ0n) is 7.88. The second kappa shape index (κ2) is 5.07. The van der Waals surface area contributed by atoms with Gasteiger partial charge in [0.25, 0.3) is 0 Å². The number of anilines is 1. The van der Waals surface area contributed by atoms with Gasteiger partial charge in [-0.15, -0.1) is 16.7 Å². The molecular formula is C8H14ClN3O. The predicted molar refractivity (Wildman–Crippen MR) is 51.8 cm³/mol. The Bertz CT molecular complexity index is 249. The van der Waals surface area contributed by atoms with Crippen molar-refractivity contribution in [2.45, 2.75) is 26.1 Å².